The van der Waals surface area contributed by atoms with E-state index in [9.17, 15) is 4.39 Å². The van der Waals surface area contributed by atoms with E-state index in [-0.39, 0.29) is 5.82 Å². The van der Waals surface area contributed by atoms with Crippen LogP contribution in [-0.2, 0) is 20.1 Å². The number of nitrogens with one attached hydrogen (secondary N) is 1. The Hall–Kier alpha value is -1.82. The molecule has 0 saturated heterocycles. The van der Waals surface area contributed by atoms with Crippen LogP contribution in [0.5, 0.6) is 0 Å². The normalized spacial score (nSPS) is 10.6. The van der Waals surface area contributed by atoms with E-state index < -0.39 is 0 Å². The van der Waals surface area contributed by atoms with Crippen LogP contribution in [0.4, 0.5) is 4.39 Å². The number of aryl methyl sites for hydroxylation is 1. The topological polar surface area (TPSA) is 55.6 Å². The molecule has 0 fully saturated rings. The van der Waals surface area contributed by atoms with Crippen molar-refractivity contribution >= 4 is 0 Å². The molecule has 0 amide bonds. The third-order valence-corrected chi connectivity index (χ3v) is 2.05. The van der Waals surface area contributed by atoms with E-state index >= 15 is 0 Å². The Morgan fingerprint density at radius 1 is 1.38 bits per heavy atom. The van der Waals surface area contributed by atoms with E-state index in [1.165, 1.54) is 16.9 Å². The predicted octanol–water partition coefficient (Wildman–Crippen LogP) is 0.639. The molecule has 1 aromatic heterocycles. The maximum Gasteiger partial charge on any atom is 0.188 e. The molecule has 0 bridgehead atoms. The molecule has 0 radical (unpaired) electrons. The Kier molecular flexibility index (Phi) is 3.21. The lowest BCUT2D eigenvalue weighted by atomic mass is 10.2. The summed E-state index contributed by atoms with van der Waals surface area (Å²) in [6.45, 7) is 1.10. The third-order valence-electron chi connectivity index (χ3n) is 2.05. The van der Waals surface area contributed by atoms with Crippen LogP contribution in [0.15, 0.2) is 24.3 Å². The molecule has 5 nitrogen and oxygen atoms in total. The molecule has 0 saturated carbocycles. The van der Waals surface area contributed by atoms with E-state index in [1.807, 2.05) is 6.07 Å². The van der Waals surface area contributed by atoms with Crippen LogP contribution in [0.2, 0.25) is 0 Å². The lowest BCUT2D eigenvalue weighted by Crippen LogP contribution is -2.14. The standard InChI is InChI=1S/C10H12FN5/c1-16-14-10(13-15-16)7-12-6-8-3-2-4-9(11)5-8/h2-5,12H,6-7H2,1H3. The molecule has 6 heteroatoms. The first-order valence-corrected chi connectivity index (χ1v) is 4.92. The number of benzene rings is 1. The number of aromatic nitrogens is 4. The van der Waals surface area contributed by atoms with Gasteiger partial charge in [0.05, 0.1) is 13.6 Å². The Bertz CT molecular complexity index is 468. The van der Waals surface area contributed by atoms with Crippen molar-refractivity contribution in [2.45, 2.75) is 13.1 Å². The minimum Gasteiger partial charge on any atom is -0.306 e. The summed E-state index contributed by atoms with van der Waals surface area (Å²) < 4.78 is 12.9. The van der Waals surface area contributed by atoms with Crippen molar-refractivity contribution in [2.24, 2.45) is 7.05 Å². The van der Waals surface area contributed by atoms with Crippen molar-refractivity contribution in [3.05, 3.63) is 41.5 Å². The minimum absolute atomic E-state index is 0.225. The lowest BCUT2D eigenvalue weighted by Gasteiger charge is -2.01. The molecule has 0 aliphatic heterocycles. The van der Waals surface area contributed by atoms with Crippen molar-refractivity contribution < 1.29 is 4.39 Å². The highest BCUT2D eigenvalue weighted by Crippen LogP contribution is 2.02. The van der Waals surface area contributed by atoms with Gasteiger partial charge in [0.2, 0.25) is 0 Å². The van der Waals surface area contributed by atoms with Gasteiger partial charge < -0.3 is 5.32 Å². The van der Waals surface area contributed by atoms with Crippen LogP contribution in [0.1, 0.15) is 11.4 Å². The monoisotopic (exact) mass is 221 g/mol. The first-order chi connectivity index (χ1) is 7.74. The molecule has 0 aliphatic carbocycles. The molecule has 0 spiro atoms. The highest BCUT2D eigenvalue weighted by molar-refractivity contribution is 5.15. The third kappa shape index (κ3) is 2.83. The van der Waals surface area contributed by atoms with Crippen molar-refractivity contribution in [3.8, 4) is 0 Å². The molecular weight excluding hydrogens is 209 g/mol. The van der Waals surface area contributed by atoms with E-state index in [0.29, 0.717) is 18.9 Å². The molecular formula is C10H12FN5. The van der Waals surface area contributed by atoms with Gasteiger partial charge in [-0.1, -0.05) is 12.1 Å². The van der Waals surface area contributed by atoms with Crippen molar-refractivity contribution in [2.75, 3.05) is 0 Å². The Morgan fingerprint density at radius 2 is 2.25 bits per heavy atom. The van der Waals surface area contributed by atoms with E-state index in [0.717, 1.165) is 5.56 Å². The Balaban J connectivity index is 1.84. The number of hydrogen-bond acceptors (Lipinski definition) is 4. The van der Waals surface area contributed by atoms with Crippen LogP contribution in [0.3, 0.4) is 0 Å². The van der Waals surface area contributed by atoms with E-state index in [2.05, 4.69) is 20.7 Å². The van der Waals surface area contributed by atoms with Gasteiger partial charge in [-0.05, 0) is 22.9 Å². The molecule has 1 heterocycles. The average Bonchev–Trinajstić information content (AvgIpc) is 2.64. The fourth-order valence-corrected chi connectivity index (χ4v) is 1.36. The minimum atomic E-state index is -0.225. The summed E-state index contributed by atoms with van der Waals surface area (Å²) in [6, 6.07) is 6.47. The zero-order chi connectivity index (χ0) is 11.4. The predicted molar refractivity (Wildman–Crippen MR) is 55.7 cm³/mol. The van der Waals surface area contributed by atoms with Gasteiger partial charge in [0.25, 0.3) is 0 Å². The largest absolute Gasteiger partial charge is 0.306 e. The van der Waals surface area contributed by atoms with Crippen molar-refractivity contribution in [1.82, 2.24) is 25.5 Å². The molecule has 2 aromatic rings. The van der Waals surface area contributed by atoms with Gasteiger partial charge in [0, 0.05) is 6.54 Å². The molecule has 16 heavy (non-hydrogen) atoms. The Labute approximate surface area is 92.3 Å². The number of halogens is 1. The molecule has 2 rings (SSSR count). The van der Waals surface area contributed by atoms with Gasteiger partial charge in [-0.25, -0.2) is 4.39 Å². The van der Waals surface area contributed by atoms with Crippen LogP contribution in [-0.4, -0.2) is 20.2 Å². The summed E-state index contributed by atoms with van der Waals surface area (Å²) >= 11 is 0. The Morgan fingerprint density at radius 3 is 2.94 bits per heavy atom. The zero-order valence-electron chi connectivity index (χ0n) is 8.89. The molecule has 1 aromatic carbocycles. The van der Waals surface area contributed by atoms with Gasteiger partial charge >= 0.3 is 0 Å². The second-order valence-corrected chi connectivity index (χ2v) is 3.43. The second kappa shape index (κ2) is 4.80. The summed E-state index contributed by atoms with van der Waals surface area (Å²) in [6.07, 6.45) is 0. The highest BCUT2D eigenvalue weighted by atomic mass is 19.1. The molecule has 0 unspecified atom stereocenters. The molecule has 84 valence electrons. The fourth-order valence-electron chi connectivity index (χ4n) is 1.36. The van der Waals surface area contributed by atoms with Gasteiger partial charge in [-0.2, -0.15) is 4.80 Å². The number of hydrogen-bond donors (Lipinski definition) is 1. The van der Waals surface area contributed by atoms with Gasteiger partial charge in [0.15, 0.2) is 5.82 Å². The maximum absolute atomic E-state index is 12.9. The first-order valence-electron chi connectivity index (χ1n) is 4.92. The van der Waals surface area contributed by atoms with Crippen molar-refractivity contribution in [1.29, 1.82) is 0 Å². The van der Waals surface area contributed by atoms with Crippen LogP contribution < -0.4 is 5.32 Å². The summed E-state index contributed by atoms with van der Waals surface area (Å²) in [5, 5.41) is 14.7. The zero-order valence-corrected chi connectivity index (χ0v) is 8.89. The summed E-state index contributed by atoms with van der Waals surface area (Å²) in [7, 11) is 1.71. The average molecular weight is 221 g/mol. The lowest BCUT2D eigenvalue weighted by molar-refractivity contribution is 0.612. The smallest absolute Gasteiger partial charge is 0.188 e. The van der Waals surface area contributed by atoms with E-state index in [1.54, 1.807) is 13.1 Å². The van der Waals surface area contributed by atoms with Gasteiger partial charge in [0.1, 0.15) is 5.82 Å². The van der Waals surface area contributed by atoms with Crippen LogP contribution >= 0.6 is 0 Å². The fraction of sp³-hybridized carbons (Fsp3) is 0.300. The van der Waals surface area contributed by atoms with Crippen molar-refractivity contribution in [3.63, 3.8) is 0 Å². The number of rotatable bonds is 4. The SMILES string of the molecule is Cn1nnc(CNCc2cccc(F)c2)n1. The molecule has 0 aliphatic rings. The van der Waals surface area contributed by atoms with E-state index in [4.69, 9.17) is 0 Å². The maximum atomic E-state index is 12.9. The van der Waals surface area contributed by atoms with Crippen LogP contribution in [0, 0.1) is 5.82 Å². The summed E-state index contributed by atoms with van der Waals surface area (Å²) in [5.41, 5.74) is 0.892. The summed E-state index contributed by atoms with van der Waals surface area (Å²) in [5.74, 6) is 0.399. The number of tetrazole rings is 1. The molecule has 0 atom stereocenters. The molecule has 1 N–H and O–H groups in total. The second-order valence-electron chi connectivity index (χ2n) is 3.43. The van der Waals surface area contributed by atoms with Crippen LogP contribution in [0.25, 0.3) is 0 Å². The summed E-state index contributed by atoms with van der Waals surface area (Å²) in [4.78, 5) is 1.40. The highest BCUT2D eigenvalue weighted by Gasteiger charge is 2.00. The van der Waals surface area contributed by atoms with Gasteiger partial charge in [-0.15, -0.1) is 10.2 Å². The quantitative estimate of drug-likeness (QED) is 0.823. The first kappa shape index (κ1) is 10.7. The number of nitrogens with zero attached hydrogens (tertiary/aromatic N) is 4. The van der Waals surface area contributed by atoms with Gasteiger partial charge in [-0.3, -0.25) is 0 Å².